The predicted octanol–water partition coefficient (Wildman–Crippen LogP) is 3.79. The molecule has 1 amide bonds. The van der Waals surface area contributed by atoms with E-state index in [1.54, 1.807) is 0 Å². The van der Waals surface area contributed by atoms with Crippen LogP contribution in [0.2, 0.25) is 0 Å². The minimum Gasteiger partial charge on any atom is -0.350 e. The molecule has 1 N–H and O–H groups in total. The van der Waals surface area contributed by atoms with Gasteiger partial charge in [0.2, 0.25) is 0 Å². The number of carbonyl (C=O) groups is 1. The number of benzene rings is 1. The summed E-state index contributed by atoms with van der Waals surface area (Å²) in [5.74, 6) is 0.189. The zero-order valence-corrected chi connectivity index (χ0v) is 15.7. The number of rotatable bonds is 3. The number of fused-ring (bicyclic) bond motifs is 1. The summed E-state index contributed by atoms with van der Waals surface area (Å²) in [5, 5.41) is 1.22. The molecule has 25 heavy (non-hydrogen) atoms. The summed E-state index contributed by atoms with van der Waals surface area (Å²) in [6.07, 6.45) is 4.88. The maximum absolute atomic E-state index is 13.3. The molecule has 134 valence electrons. The first-order valence-corrected chi connectivity index (χ1v) is 9.68. The van der Waals surface area contributed by atoms with Gasteiger partial charge in [-0.05, 0) is 76.2 Å². The fourth-order valence-corrected chi connectivity index (χ4v) is 4.71. The number of aromatic nitrogens is 1. The third kappa shape index (κ3) is 2.86. The third-order valence-electron chi connectivity index (χ3n) is 6.14. The van der Waals surface area contributed by atoms with E-state index < -0.39 is 0 Å². The van der Waals surface area contributed by atoms with Gasteiger partial charge in [-0.1, -0.05) is 12.1 Å². The molecule has 0 unspecified atom stereocenters. The molecule has 2 aliphatic rings. The van der Waals surface area contributed by atoms with Crippen molar-refractivity contribution < 1.29 is 4.79 Å². The van der Waals surface area contributed by atoms with E-state index in [-0.39, 0.29) is 5.91 Å². The van der Waals surface area contributed by atoms with Crippen LogP contribution < -0.4 is 0 Å². The zero-order valence-electron chi connectivity index (χ0n) is 15.7. The number of amides is 1. The molecule has 4 nitrogen and oxygen atoms in total. The Morgan fingerprint density at radius 2 is 1.80 bits per heavy atom. The van der Waals surface area contributed by atoms with E-state index in [4.69, 9.17) is 0 Å². The van der Waals surface area contributed by atoms with Crippen LogP contribution in [-0.2, 0) is 0 Å². The second-order valence-electron chi connectivity index (χ2n) is 7.88. The van der Waals surface area contributed by atoms with Gasteiger partial charge in [-0.2, -0.15) is 0 Å². The predicted molar refractivity (Wildman–Crippen MR) is 102 cm³/mol. The molecule has 0 saturated carbocycles. The lowest BCUT2D eigenvalue weighted by Crippen LogP contribution is -2.42. The lowest BCUT2D eigenvalue weighted by atomic mass is 10.0. The SMILES string of the molecule is Cc1ccc(C)c2c(C)c(C(=O)N3CCC[C@H]3CN3CCCC3)[nH]c12. The van der Waals surface area contributed by atoms with Crippen molar-refractivity contribution in [3.63, 3.8) is 0 Å². The molecule has 2 saturated heterocycles. The smallest absolute Gasteiger partial charge is 0.270 e. The van der Waals surface area contributed by atoms with Gasteiger partial charge in [-0.25, -0.2) is 0 Å². The van der Waals surface area contributed by atoms with Crippen molar-refractivity contribution in [2.24, 2.45) is 0 Å². The monoisotopic (exact) mass is 339 g/mol. The van der Waals surface area contributed by atoms with Crippen molar-refractivity contribution in [1.29, 1.82) is 0 Å². The Morgan fingerprint density at radius 1 is 1.08 bits per heavy atom. The highest BCUT2D eigenvalue weighted by Gasteiger charge is 2.33. The Labute approximate surface area is 150 Å². The molecule has 2 fully saturated rings. The van der Waals surface area contributed by atoms with Gasteiger partial charge in [-0.15, -0.1) is 0 Å². The number of aryl methyl sites for hydroxylation is 3. The number of aromatic amines is 1. The van der Waals surface area contributed by atoms with Gasteiger partial charge >= 0.3 is 0 Å². The summed E-state index contributed by atoms with van der Waals surface area (Å²) < 4.78 is 0. The van der Waals surface area contributed by atoms with Crippen LogP contribution in [0, 0.1) is 20.8 Å². The number of nitrogens with zero attached hydrogens (tertiary/aromatic N) is 2. The van der Waals surface area contributed by atoms with Gasteiger partial charge in [-0.3, -0.25) is 4.79 Å². The van der Waals surface area contributed by atoms with Gasteiger partial charge in [0.1, 0.15) is 5.69 Å². The maximum atomic E-state index is 13.3. The molecular weight excluding hydrogens is 310 g/mol. The van der Waals surface area contributed by atoms with Crippen molar-refractivity contribution in [2.75, 3.05) is 26.2 Å². The first kappa shape index (κ1) is 16.6. The van der Waals surface area contributed by atoms with Gasteiger partial charge in [0.05, 0.1) is 0 Å². The van der Waals surface area contributed by atoms with Gasteiger partial charge < -0.3 is 14.8 Å². The number of likely N-dealkylation sites (tertiary alicyclic amines) is 2. The highest BCUT2D eigenvalue weighted by molar-refractivity contribution is 6.02. The standard InChI is InChI=1S/C21H29N3O/c1-14-8-9-15(2)19-18(14)16(3)20(22-19)21(25)24-12-6-7-17(24)13-23-10-4-5-11-23/h8-9,17,22H,4-7,10-13H2,1-3H3/t17-/m0/s1. The van der Waals surface area contributed by atoms with Crippen molar-refractivity contribution in [2.45, 2.75) is 52.5 Å². The summed E-state index contributed by atoms with van der Waals surface area (Å²) in [4.78, 5) is 21.4. The number of carbonyl (C=O) groups excluding carboxylic acids is 1. The van der Waals surface area contributed by atoms with Crippen LogP contribution in [0.1, 0.15) is 52.9 Å². The first-order chi connectivity index (χ1) is 12.1. The number of hydrogen-bond acceptors (Lipinski definition) is 2. The number of nitrogens with one attached hydrogen (secondary N) is 1. The first-order valence-electron chi connectivity index (χ1n) is 9.68. The van der Waals surface area contributed by atoms with Crippen LogP contribution in [0.5, 0.6) is 0 Å². The van der Waals surface area contributed by atoms with E-state index in [1.165, 1.54) is 42.4 Å². The summed E-state index contributed by atoms with van der Waals surface area (Å²) in [5.41, 5.74) is 5.46. The Morgan fingerprint density at radius 3 is 2.52 bits per heavy atom. The normalized spacial score (nSPS) is 21.6. The van der Waals surface area contributed by atoms with Gasteiger partial charge in [0.15, 0.2) is 0 Å². The van der Waals surface area contributed by atoms with E-state index in [0.717, 1.165) is 42.7 Å². The average molecular weight is 339 g/mol. The van der Waals surface area contributed by atoms with Crippen LogP contribution in [0.3, 0.4) is 0 Å². The number of H-pyrrole nitrogens is 1. The largest absolute Gasteiger partial charge is 0.350 e. The quantitative estimate of drug-likeness (QED) is 0.924. The summed E-state index contributed by atoms with van der Waals surface area (Å²) >= 11 is 0. The highest BCUT2D eigenvalue weighted by Crippen LogP contribution is 2.30. The second-order valence-corrected chi connectivity index (χ2v) is 7.88. The van der Waals surface area contributed by atoms with E-state index in [9.17, 15) is 4.79 Å². The molecule has 1 aromatic heterocycles. The Balaban J connectivity index is 1.63. The maximum Gasteiger partial charge on any atom is 0.270 e. The van der Waals surface area contributed by atoms with Crippen LogP contribution in [-0.4, -0.2) is 52.9 Å². The number of hydrogen-bond donors (Lipinski definition) is 1. The molecule has 0 aliphatic carbocycles. The van der Waals surface area contributed by atoms with Crippen molar-refractivity contribution in [1.82, 2.24) is 14.8 Å². The molecule has 0 spiro atoms. The fraction of sp³-hybridized carbons (Fsp3) is 0.571. The average Bonchev–Trinajstić information content (AvgIpc) is 3.32. The summed E-state index contributed by atoms with van der Waals surface area (Å²) in [7, 11) is 0. The summed E-state index contributed by atoms with van der Waals surface area (Å²) in [6, 6.07) is 4.66. The molecular formula is C21H29N3O. The van der Waals surface area contributed by atoms with E-state index in [2.05, 4.69) is 47.7 Å². The topological polar surface area (TPSA) is 39.3 Å². The van der Waals surface area contributed by atoms with E-state index in [1.807, 2.05) is 0 Å². The molecule has 0 bridgehead atoms. The molecule has 1 atom stereocenters. The minimum atomic E-state index is 0.189. The molecule has 3 heterocycles. The van der Waals surface area contributed by atoms with E-state index >= 15 is 0 Å². The van der Waals surface area contributed by atoms with Crippen LogP contribution in [0.15, 0.2) is 12.1 Å². The van der Waals surface area contributed by atoms with Gasteiger partial charge in [0.25, 0.3) is 5.91 Å². The van der Waals surface area contributed by atoms with Crippen LogP contribution in [0.4, 0.5) is 0 Å². The van der Waals surface area contributed by atoms with Crippen molar-refractivity contribution >= 4 is 16.8 Å². The molecule has 1 aromatic carbocycles. The Bertz CT molecular complexity index is 801. The van der Waals surface area contributed by atoms with Crippen molar-refractivity contribution in [3.05, 3.63) is 34.5 Å². The van der Waals surface area contributed by atoms with Crippen molar-refractivity contribution in [3.8, 4) is 0 Å². The second kappa shape index (κ2) is 6.49. The van der Waals surface area contributed by atoms with Crippen LogP contribution in [0.25, 0.3) is 10.9 Å². The summed E-state index contributed by atoms with van der Waals surface area (Å²) in [6.45, 7) is 10.7. The minimum absolute atomic E-state index is 0.189. The molecule has 4 rings (SSSR count). The third-order valence-corrected chi connectivity index (χ3v) is 6.14. The highest BCUT2D eigenvalue weighted by atomic mass is 16.2. The van der Waals surface area contributed by atoms with Gasteiger partial charge in [0, 0.05) is 30.0 Å². The van der Waals surface area contributed by atoms with Crippen LogP contribution >= 0.6 is 0 Å². The lowest BCUT2D eigenvalue weighted by Gasteiger charge is -2.28. The molecule has 2 aliphatic heterocycles. The lowest BCUT2D eigenvalue weighted by molar-refractivity contribution is 0.0703. The zero-order chi connectivity index (χ0) is 17.6. The Kier molecular flexibility index (Phi) is 4.32. The Hall–Kier alpha value is -1.81. The molecule has 0 radical (unpaired) electrons. The molecule has 4 heteroatoms. The fourth-order valence-electron chi connectivity index (χ4n) is 4.71. The van der Waals surface area contributed by atoms with E-state index in [0.29, 0.717) is 6.04 Å². The molecule has 2 aromatic rings.